The summed E-state index contributed by atoms with van der Waals surface area (Å²) in [6.45, 7) is 0. The van der Waals surface area contributed by atoms with Crippen molar-refractivity contribution in [2.24, 2.45) is 5.10 Å². The number of hydrogen-bond donors (Lipinski definition) is 1. The fourth-order valence-corrected chi connectivity index (χ4v) is 2.51. The number of rotatable bonds is 3. The molecular weight excluding hydrogens is 254 g/mol. The first-order valence-corrected chi connectivity index (χ1v) is 6.85. The average Bonchev–Trinajstić information content (AvgIpc) is 3.22. The predicted octanol–water partition coefficient (Wildman–Crippen LogP) is 1.27. The van der Waals surface area contributed by atoms with E-state index in [1.165, 1.54) is 10.6 Å². The number of carbonyl (C=O) groups is 2. The van der Waals surface area contributed by atoms with Crippen LogP contribution in [0.25, 0.3) is 0 Å². The summed E-state index contributed by atoms with van der Waals surface area (Å²) in [5.41, 5.74) is 1.71. The van der Waals surface area contributed by atoms with Crippen LogP contribution >= 0.6 is 0 Å². The summed E-state index contributed by atoms with van der Waals surface area (Å²) in [4.78, 5) is 23.4. The fraction of sp³-hybridized carbons (Fsp3) is 0.400. The second-order valence-corrected chi connectivity index (χ2v) is 5.30. The molecule has 1 saturated carbocycles. The van der Waals surface area contributed by atoms with Gasteiger partial charge < -0.3 is 5.32 Å². The Morgan fingerprint density at radius 3 is 2.75 bits per heavy atom. The maximum atomic E-state index is 12.1. The van der Waals surface area contributed by atoms with Crippen molar-refractivity contribution in [3.8, 4) is 0 Å². The van der Waals surface area contributed by atoms with E-state index in [0.29, 0.717) is 24.5 Å². The third-order valence-electron chi connectivity index (χ3n) is 3.80. The van der Waals surface area contributed by atoms with Gasteiger partial charge in [0.25, 0.3) is 5.91 Å². The van der Waals surface area contributed by atoms with Gasteiger partial charge in [0, 0.05) is 31.8 Å². The van der Waals surface area contributed by atoms with Crippen molar-refractivity contribution in [3.63, 3.8) is 0 Å². The Balaban J connectivity index is 1.59. The second kappa shape index (κ2) is 5.07. The SMILES string of the molecule is CN1N=C(C(=O)NC2CC2c2ccccc2)CCC1=O. The number of nitrogens with zero attached hydrogens (tertiary/aromatic N) is 2. The topological polar surface area (TPSA) is 61.8 Å². The molecule has 20 heavy (non-hydrogen) atoms. The van der Waals surface area contributed by atoms with Crippen molar-refractivity contribution in [1.82, 2.24) is 10.3 Å². The van der Waals surface area contributed by atoms with Crippen LogP contribution in [0.1, 0.15) is 30.7 Å². The molecule has 1 aromatic rings. The molecule has 1 N–H and O–H groups in total. The summed E-state index contributed by atoms with van der Waals surface area (Å²) in [5, 5.41) is 8.28. The standard InChI is InChI=1S/C15H17N3O2/c1-18-14(19)8-7-12(17-18)15(20)16-13-9-11(13)10-5-3-2-4-6-10/h2-6,11,13H,7-9H2,1H3,(H,16,20). The zero-order valence-electron chi connectivity index (χ0n) is 11.4. The Kier molecular flexibility index (Phi) is 3.26. The Hall–Kier alpha value is -2.17. The van der Waals surface area contributed by atoms with Gasteiger partial charge >= 0.3 is 0 Å². The monoisotopic (exact) mass is 271 g/mol. The summed E-state index contributed by atoms with van der Waals surface area (Å²) < 4.78 is 0. The Morgan fingerprint density at radius 2 is 2.05 bits per heavy atom. The van der Waals surface area contributed by atoms with Crippen LogP contribution in [0.2, 0.25) is 0 Å². The molecule has 1 heterocycles. The molecule has 104 valence electrons. The molecule has 0 spiro atoms. The molecular formula is C15H17N3O2. The van der Waals surface area contributed by atoms with Gasteiger partial charge in [-0.05, 0) is 12.0 Å². The van der Waals surface area contributed by atoms with Crippen LogP contribution in [0.5, 0.6) is 0 Å². The highest BCUT2D eigenvalue weighted by Crippen LogP contribution is 2.40. The third kappa shape index (κ3) is 2.57. The van der Waals surface area contributed by atoms with E-state index in [1.807, 2.05) is 18.2 Å². The summed E-state index contributed by atoms with van der Waals surface area (Å²) >= 11 is 0. The molecule has 1 aliphatic carbocycles. The van der Waals surface area contributed by atoms with Crippen LogP contribution in [0.3, 0.4) is 0 Å². The molecule has 5 nitrogen and oxygen atoms in total. The van der Waals surface area contributed by atoms with Gasteiger partial charge in [-0.3, -0.25) is 9.59 Å². The van der Waals surface area contributed by atoms with E-state index in [-0.39, 0.29) is 17.9 Å². The average molecular weight is 271 g/mol. The predicted molar refractivity (Wildman–Crippen MR) is 75.2 cm³/mol. The first-order chi connectivity index (χ1) is 9.65. The number of hydrogen-bond acceptors (Lipinski definition) is 3. The van der Waals surface area contributed by atoms with E-state index in [0.717, 1.165) is 6.42 Å². The van der Waals surface area contributed by atoms with E-state index < -0.39 is 0 Å². The van der Waals surface area contributed by atoms with E-state index in [9.17, 15) is 9.59 Å². The molecule has 1 fully saturated rings. The molecule has 0 radical (unpaired) electrons. The van der Waals surface area contributed by atoms with Crippen LogP contribution in [0.4, 0.5) is 0 Å². The quantitative estimate of drug-likeness (QED) is 0.899. The smallest absolute Gasteiger partial charge is 0.267 e. The molecule has 2 amide bonds. The van der Waals surface area contributed by atoms with Crippen molar-refractivity contribution in [2.75, 3.05) is 7.05 Å². The van der Waals surface area contributed by atoms with Crippen molar-refractivity contribution in [3.05, 3.63) is 35.9 Å². The van der Waals surface area contributed by atoms with Gasteiger partial charge in [0.05, 0.1) is 0 Å². The number of benzene rings is 1. The Labute approximate surface area is 117 Å². The number of nitrogens with one attached hydrogen (secondary N) is 1. The van der Waals surface area contributed by atoms with Gasteiger partial charge in [-0.25, -0.2) is 5.01 Å². The molecule has 5 heteroatoms. The minimum absolute atomic E-state index is 0.0462. The second-order valence-electron chi connectivity index (χ2n) is 5.30. The van der Waals surface area contributed by atoms with Gasteiger partial charge in [-0.2, -0.15) is 5.10 Å². The lowest BCUT2D eigenvalue weighted by molar-refractivity contribution is -0.130. The third-order valence-corrected chi connectivity index (χ3v) is 3.80. The van der Waals surface area contributed by atoms with Crippen LogP contribution in [0, 0.1) is 0 Å². The van der Waals surface area contributed by atoms with E-state index in [2.05, 4.69) is 22.6 Å². The summed E-state index contributed by atoms with van der Waals surface area (Å²) in [7, 11) is 1.58. The molecule has 2 aliphatic rings. The van der Waals surface area contributed by atoms with Gasteiger partial charge in [0.2, 0.25) is 5.91 Å². The highest BCUT2D eigenvalue weighted by Gasteiger charge is 2.40. The molecule has 1 aromatic carbocycles. The molecule has 0 aromatic heterocycles. The number of carbonyl (C=O) groups excluding carboxylic acids is 2. The number of amides is 2. The highest BCUT2D eigenvalue weighted by molar-refractivity contribution is 6.39. The van der Waals surface area contributed by atoms with E-state index >= 15 is 0 Å². The minimum atomic E-state index is -0.146. The van der Waals surface area contributed by atoms with E-state index in [4.69, 9.17) is 0 Å². The molecule has 1 aliphatic heterocycles. The normalized spacial score (nSPS) is 25.1. The Morgan fingerprint density at radius 1 is 1.30 bits per heavy atom. The Bertz CT molecular complexity index is 568. The first kappa shape index (κ1) is 12.8. The maximum Gasteiger partial charge on any atom is 0.267 e. The van der Waals surface area contributed by atoms with Gasteiger partial charge in [-0.15, -0.1) is 0 Å². The lowest BCUT2D eigenvalue weighted by Gasteiger charge is -2.18. The van der Waals surface area contributed by atoms with Crippen LogP contribution in [-0.4, -0.2) is 35.6 Å². The highest BCUT2D eigenvalue weighted by atomic mass is 16.2. The van der Waals surface area contributed by atoms with Gasteiger partial charge in [0.15, 0.2) is 0 Å². The van der Waals surface area contributed by atoms with E-state index in [1.54, 1.807) is 7.05 Å². The summed E-state index contributed by atoms with van der Waals surface area (Å²) in [6, 6.07) is 10.4. The molecule has 0 saturated heterocycles. The molecule has 0 bridgehead atoms. The van der Waals surface area contributed by atoms with Crippen molar-refractivity contribution >= 4 is 17.5 Å². The lowest BCUT2D eigenvalue weighted by Crippen LogP contribution is -2.38. The molecule has 2 atom stereocenters. The maximum absolute atomic E-state index is 12.1. The zero-order valence-corrected chi connectivity index (χ0v) is 11.4. The van der Waals surface area contributed by atoms with Crippen LogP contribution in [0.15, 0.2) is 35.4 Å². The van der Waals surface area contributed by atoms with Crippen molar-refractivity contribution in [1.29, 1.82) is 0 Å². The number of hydrazone groups is 1. The molecule has 3 rings (SSSR count). The largest absolute Gasteiger partial charge is 0.348 e. The fourth-order valence-electron chi connectivity index (χ4n) is 2.51. The zero-order chi connectivity index (χ0) is 14.1. The molecule has 2 unspecified atom stereocenters. The summed E-state index contributed by atoms with van der Waals surface area (Å²) in [6.07, 6.45) is 1.76. The van der Waals surface area contributed by atoms with Crippen molar-refractivity contribution in [2.45, 2.75) is 31.2 Å². The van der Waals surface area contributed by atoms with Gasteiger partial charge in [-0.1, -0.05) is 30.3 Å². The van der Waals surface area contributed by atoms with Gasteiger partial charge in [0.1, 0.15) is 5.71 Å². The van der Waals surface area contributed by atoms with Crippen LogP contribution in [-0.2, 0) is 9.59 Å². The first-order valence-electron chi connectivity index (χ1n) is 6.85. The summed E-state index contributed by atoms with van der Waals surface area (Å²) in [5.74, 6) is 0.214. The minimum Gasteiger partial charge on any atom is -0.348 e. The lowest BCUT2D eigenvalue weighted by atomic mass is 10.1. The van der Waals surface area contributed by atoms with Crippen LogP contribution < -0.4 is 5.32 Å². The van der Waals surface area contributed by atoms with Crippen molar-refractivity contribution < 1.29 is 9.59 Å².